The van der Waals surface area contributed by atoms with Gasteiger partial charge in [-0.1, -0.05) is 0 Å². The van der Waals surface area contributed by atoms with Crippen LogP contribution in [0, 0.1) is 17.2 Å². The number of phenolic OH excluding ortho intramolecular Hbond substituents is 1. The summed E-state index contributed by atoms with van der Waals surface area (Å²) in [6, 6.07) is 10.7. The molecule has 2 heterocycles. The van der Waals surface area contributed by atoms with Crippen molar-refractivity contribution in [3.8, 4) is 23.1 Å². The third kappa shape index (κ3) is 3.66. The van der Waals surface area contributed by atoms with Gasteiger partial charge >= 0.3 is 0 Å². The van der Waals surface area contributed by atoms with E-state index in [9.17, 15) is 18.8 Å². The number of fused-ring (bicyclic) bond motifs is 1. The highest BCUT2D eigenvalue weighted by Crippen LogP contribution is 2.39. The summed E-state index contributed by atoms with van der Waals surface area (Å²) in [6.45, 7) is 3.96. The number of aromatic nitrogens is 2. The fraction of sp³-hybridized carbons (Fsp3) is 0.333. The van der Waals surface area contributed by atoms with Gasteiger partial charge in [0.25, 0.3) is 0 Å². The summed E-state index contributed by atoms with van der Waals surface area (Å²) in [5.74, 6) is 0.950. The van der Waals surface area contributed by atoms with Crippen LogP contribution in [-0.4, -0.2) is 28.3 Å². The van der Waals surface area contributed by atoms with Crippen molar-refractivity contribution in [3.05, 3.63) is 42.1 Å². The number of nitrogens with one attached hydrogen (secondary N) is 1. The van der Waals surface area contributed by atoms with Crippen LogP contribution in [0.5, 0.6) is 5.75 Å². The van der Waals surface area contributed by atoms with E-state index >= 15 is 0 Å². The average Bonchev–Trinajstić information content (AvgIpc) is 3.44. The van der Waals surface area contributed by atoms with Gasteiger partial charge in [0.05, 0.1) is 22.0 Å². The van der Waals surface area contributed by atoms with Crippen LogP contribution in [0.3, 0.4) is 0 Å². The summed E-state index contributed by atoms with van der Waals surface area (Å²) in [6.07, 6.45) is 3.87. The minimum absolute atomic E-state index is 0.152. The number of hydrogen-bond donors (Lipinski definition) is 2. The average molecular weight is 410 g/mol. The van der Waals surface area contributed by atoms with E-state index < -0.39 is 15.3 Å². The number of aromatic hydroxyl groups is 1. The second-order valence-corrected chi connectivity index (χ2v) is 9.96. The van der Waals surface area contributed by atoms with Crippen molar-refractivity contribution in [1.82, 2.24) is 9.55 Å². The second-order valence-electron chi connectivity index (χ2n) is 7.72. The Bertz CT molecular complexity index is 1220. The van der Waals surface area contributed by atoms with Gasteiger partial charge in [-0.2, -0.15) is 5.26 Å². The highest BCUT2D eigenvalue weighted by atomic mass is 32.2. The smallest absolute Gasteiger partial charge is 0.236 e. The summed E-state index contributed by atoms with van der Waals surface area (Å²) < 4.78 is 28.7. The maximum Gasteiger partial charge on any atom is 0.236 e. The first kappa shape index (κ1) is 19.3. The Balaban J connectivity index is 1.82. The van der Waals surface area contributed by atoms with Crippen molar-refractivity contribution in [1.29, 1.82) is 5.26 Å². The number of phenols is 1. The molecule has 29 heavy (non-hydrogen) atoms. The molecule has 0 saturated heterocycles. The van der Waals surface area contributed by atoms with Gasteiger partial charge in [-0.3, -0.25) is 4.72 Å². The van der Waals surface area contributed by atoms with Crippen molar-refractivity contribution in [2.24, 2.45) is 5.92 Å². The largest absolute Gasteiger partial charge is 0.508 e. The summed E-state index contributed by atoms with van der Waals surface area (Å²) in [7, 11) is -3.48. The molecule has 2 N–H and O–H groups in total. The SMILES string of the molecule is CC(C)S(=O)(=O)Nc1ccc(-c2c(C#N)c3ccc(O)cc3n2CC2CC2)cn1. The van der Waals surface area contributed by atoms with Crippen molar-refractivity contribution < 1.29 is 13.5 Å². The van der Waals surface area contributed by atoms with Crippen LogP contribution in [0.15, 0.2) is 36.5 Å². The molecule has 1 saturated carbocycles. The van der Waals surface area contributed by atoms with E-state index in [0.29, 0.717) is 11.5 Å². The topological polar surface area (TPSA) is 108 Å². The number of nitriles is 1. The van der Waals surface area contributed by atoms with Crippen LogP contribution in [-0.2, 0) is 16.6 Å². The van der Waals surface area contributed by atoms with Gasteiger partial charge in [0.2, 0.25) is 10.0 Å². The third-order valence-electron chi connectivity index (χ3n) is 5.20. The van der Waals surface area contributed by atoms with Gasteiger partial charge in [0.1, 0.15) is 17.6 Å². The Morgan fingerprint density at radius 1 is 1.31 bits per heavy atom. The monoisotopic (exact) mass is 410 g/mol. The summed E-state index contributed by atoms with van der Waals surface area (Å²) in [5.41, 5.74) is 2.81. The number of sulfonamides is 1. The molecule has 0 atom stereocenters. The zero-order valence-electron chi connectivity index (χ0n) is 16.3. The van der Waals surface area contributed by atoms with E-state index in [-0.39, 0.29) is 11.6 Å². The van der Waals surface area contributed by atoms with Gasteiger partial charge in [0, 0.05) is 29.8 Å². The minimum atomic E-state index is -3.48. The number of hydrogen-bond acceptors (Lipinski definition) is 5. The lowest BCUT2D eigenvalue weighted by molar-refractivity contribution is 0.475. The molecule has 1 aromatic carbocycles. The lowest BCUT2D eigenvalue weighted by Crippen LogP contribution is -2.22. The molecule has 1 aliphatic carbocycles. The first-order chi connectivity index (χ1) is 13.8. The predicted molar refractivity (Wildman–Crippen MR) is 112 cm³/mol. The number of anilines is 1. The molecule has 7 nitrogen and oxygen atoms in total. The molecule has 1 fully saturated rings. The zero-order valence-corrected chi connectivity index (χ0v) is 17.1. The number of benzene rings is 1. The highest BCUT2D eigenvalue weighted by molar-refractivity contribution is 7.93. The molecule has 3 aromatic rings. The predicted octanol–water partition coefficient (Wildman–Crippen LogP) is 3.84. The fourth-order valence-corrected chi connectivity index (χ4v) is 4.01. The van der Waals surface area contributed by atoms with Crippen LogP contribution in [0.1, 0.15) is 32.3 Å². The maximum absolute atomic E-state index is 12.1. The van der Waals surface area contributed by atoms with E-state index in [1.54, 1.807) is 50.4 Å². The fourth-order valence-electron chi connectivity index (χ4n) is 3.36. The zero-order chi connectivity index (χ0) is 20.8. The molecule has 0 unspecified atom stereocenters. The number of rotatable bonds is 6. The Hall–Kier alpha value is -3.05. The molecule has 0 bridgehead atoms. The molecule has 0 aliphatic heterocycles. The van der Waals surface area contributed by atoms with E-state index in [0.717, 1.165) is 41.5 Å². The van der Waals surface area contributed by atoms with E-state index in [2.05, 4.69) is 20.3 Å². The second kappa shape index (κ2) is 7.08. The van der Waals surface area contributed by atoms with Crippen LogP contribution in [0.2, 0.25) is 0 Å². The molecule has 0 radical (unpaired) electrons. The van der Waals surface area contributed by atoms with Crippen molar-refractivity contribution >= 4 is 26.7 Å². The van der Waals surface area contributed by atoms with E-state index in [1.807, 2.05) is 0 Å². The van der Waals surface area contributed by atoms with E-state index in [1.165, 1.54) is 0 Å². The summed E-state index contributed by atoms with van der Waals surface area (Å²) >= 11 is 0. The minimum Gasteiger partial charge on any atom is -0.508 e. The molecule has 0 amide bonds. The standard InChI is InChI=1S/C21H22N4O3S/c1-13(2)29(27,28)24-20-8-5-15(11-23-20)21-18(10-22)17-7-6-16(26)9-19(17)25(21)12-14-3-4-14/h5-9,11,13-14,26H,3-4,12H2,1-2H3,(H,23,24). The molecule has 1 aliphatic rings. The van der Waals surface area contributed by atoms with Gasteiger partial charge < -0.3 is 9.67 Å². The number of pyridine rings is 1. The molecule has 2 aromatic heterocycles. The van der Waals surface area contributed by atoms with E-state index in [4.69, 9.17) is 0 Å². The Labute approximate surface area is 169 Å². The Morgan fingerprint density at radius 2 is 2.07 bits per heavy atom. The van der Waals surface area contributed by atoms with Crippen molar-refractivity contribution in [3.63, 3.8) is 0 Å². The van der Waals surface area contributed by atoms with Crippen LogP contribution in [0.25, 0.3) is 22.2 Å². The first-order valence-electron chi connectivity index (χ1n) is 9.53. The van der Waals surface area contributed by atoms with Crippen molar-refractivity contribution in [2.45, 2.75) is 38.5 Å². The normalized spacial score (nSPS) is 14.3. The van der Waals surface area contributed by atoms with Crippen LogP contribution >= 0.6 is 0 Å². The summed E-state index contributed by atoms with van der Waals surface area (Å²) in [5, 5.41) is 20.0. The quantitative estimate of drug-likeness (QED) is 0.642. The van der Waals surface area contributed by atoms with Gasteiger partial charge in [-0.25, -0.2) is 13.4 Å². The maximum atomic E-state index is 12.1. The van der Waals surface area contributed by atoms with Crippen LogP contribution in [0.4, 0.5) is 5.82 Å². The molecular formula is C21H22N4O3S. The molecular weight excluding hydrogens is 388 g/mol. The number of nitrogens with zero attached hydrogens (tertiary/aromatic N) is 3. The third-order valence-corrected chi connectivity index (χ3v) is 6.94. The lowest BCUT2D eigenvalue weighted by atomic mass is 10.1. The molecule has 8 heteroatoms. The Morgan fingerprint density at radius 3 is 2.66 bits per heavy atom. The lowest BCUT2D eigenvalue weighted by Gasteiger charge is -2.12. The molecule has 0 spiro atoms. The summed E-state index contributed by atoms with van der Waals surface area (Å²) in [4.78, 5) is 4.26. The molecule has 150 valence electrons. The van der Waals surface area contributed by atoms with Gasteiger partial charge in [-0.15, -0.1) is 0 Å². The van der Waals surface area contributed by atoms with Gasteiger partial charge in [-0.05, 0) is 56.9 Å². The van der Waals surface area contributed by atoms with Gasteiger partial charge in [0.15, 0.2) is 0 Å². The molecule has 4 rings (SSSR count). The van der Waals surface area contributed by atoms with Crippen molar-refractivity contribution in [2.75, 3.05) is 4.72 Å². The first-order valence-corrected chi connectivity index (χ1v) is 11.1. The highest BCUT2D eigenvalue weighted by Gasteiger charge is 2.27. The van der Waals surface area contributed by atoms with Crippen LogP contribution < -0.4 is 4.72 Å². The Kier molecular flexibility index (Phi) is 4.71.